The molecule has 0 spiro atoms. The van der Waals surface area contributed by atoms with Crippen LogP contribution in [0.25, 0.3) is 5.03 Å². The second kappa shape index (κ2) is 4.59. The molecule has 72 valence electrons. The monoisotopic (exact) mass is 273 g/mol. The summed E-state index contributed by atoms with van der Waals surface area (Å²) < 4.78 is 13.6. The molecule has 1 aromatic rings. The van der Waals surface area contributed by atoms with Gasteiger partial charge in [-0.2, -0.15) is 5.26 Å². The van der Waals surface area contributed by atoms with Crippen molar-refractivity contribution in [2.75, 3.05) is 0 Å². The van der Waals surface area contributed by atoms with Gasteiger partial charge in [-0.1, -0.05) is 27.5 Å². The predicted molar refractivity (Wildman–Crippen MR) is 58.2 cm³/mol. The van der Waals surface area contributed by atoms with E-state index in [1.165, 1.54) is 12.1 Å². The Bertz CT molecular complexity index is 414. The summed E-state index contributed by atoms with van der Waals surface area (Å²) in [6, 6.07) is 6.19. The zero-order chi connectivity index (χ0) is 10.7. The fourth-order valence-electron chi connectivity index (χ4n) is 0.946. The maximum absolute atomic E-state index is 13.0. The highest BCUT2D eigenvalue weighted by molar-refractivity contribution is 9.10. The number of nitriles is 1. The van der Waals surface area contributed by atoms with Crippen molar-refractivity contribution >= 4 is 32.6 Å². The van der Waals surface area contributed by atoms with Crippen LogP contribution in [0.3, 0.4) is 0 Å². The number of hydrogen-bond donors (Lipinski definition) is 0. The molecule has 0 aromatic heterocycles. The molecule has 4 heteroatoms. The first kappa shape index (κ1) is 11.2. The molecular weight excluding hydrogens is 268 g/mol. The van der Waals surface area contributed by atoms with E-state index in [-0.39, 0.29) is 5.03 Å². The van der Waals surface area contributed by atoms with E-state index >= 15 is 0 Å². The molecule has 0 fully saturated rings. The number of rotatable bonds is 1. The average molecular weight is 275 g/mol. The van der Waals surface area contributed by atoms with Gasteiger partial charge in [0.1, 0.15) is 5.82 Å². The van der Waals surface area contributed by atoms with Crippen LogP contribution in [-0.4, -0.2) is 0 Å². The van der Waals surface area contributed by atoms with Crippen molar-refractivity contribution in [3.8, 4) is 6.07 Å². The van der Waals surface area contributed by atoms with Gasteiger partial charge in [-0.25, -0.2) is 4.39 Å². The van der Waals surface area contributed by atoms with Crippen LogP contribution in [0, 0.1) is 17.1 Å². The number of halogens is 3. The van der Waals surface area contributed by atoms with E-state index in [0.29, 0.717) is 15.6 Å². The van der Waals surface area contributed by atoms with Gasteiger partial charge in [-0.15, -0.1) is 0 Å². The fraction of sp³-hybridized carbons (Fsp3) is 0.100. The van der Waals surface area contributed by atoms with E-state index in [4.69, 9.17) is 16.9 Å². The van der Waals surface area contributed by atoms with Crippen LogP contribution in [0.4, 0.5) is 4.39 Å². The molecular formula is C10H6BrClFN. The van der Waals surface area contributed by atoms with Crippen molar-refractivity contribution in [3.05, 3.63) is 39.6 Å². The van der Waals surface area contributed by atoms with Crippen LogP contribution in [-0.2, 0) is 0 Å². The molecule has 0 saturated heterocycles. The SMILES string of the molecule is C/C(C#N)=C(/Cl)c1cc(F)cc(Br)c1. The maximum atomic E-state index is 13.0. The van der Waals surface area contributed by atoms with Gasteiger partial charge in [0.05, 0.1) is 11.1 Å². The second-order valence-corrected chi connectivity index (χ2v) is 4.00. The molecule has 0 aliphatic heterocycles. The van der Waals surface area contributed by atoms with E-state index in [9.17, 15) is 4.39 Å². The molecule has 0 aliphatic carbocycles. The lowest BCUT2D eigenvalue weighted by molar-refractivity contribution is 0.626. The zero-order valence-corrected chi connectivity index (χ0v) is 9.66. The summed E-state index contributed by atoms with van der Waals surface area (Å²) in [6.07, 6.45) is 0. The van der Waals surface area contributed by atoms with Crippen molar-refractivity contribution in [1.82, 2.24) is 0 Å². The molecule has 0 radical (unpaired) electrons. The first-order valence-electron chi connectivity index (χ1n) is 3.77. The van der Waals surface area contributed by atoms with Gasteiger partial charge in [-0.05, 0) is 30.7 Å². The molecule has 0 heterocycles. The molecule has 14 heavy (non-hydrogen) atoms. The number of nitrogens with zero attached hydrogens (tertiary/aromatic N) is 1. The minimum atomic E-state index is -0.390. The van der Waals surface area contributed by atoms with Crippen LogP contribution >= 0.6 is 27.5 Å². The minimum Gasteiger partial charge on any atom is -0.207 e. The van der Waals surface area contributed by atoms with Crippen LogP contribution in [0.15, 0.2) is 28.2 Å². The van der Waals surface area contributed by atoms with Crippen molar-refractivity contribution in [3.63, 3.8) is 0 Å². The van der Waals surface area contributed by atoms with Gasteiger partial charge in [0, 0.05) is 10.0 Å². The van der Waals surface area contributed by atoms with E-state index in [1.807, 2.05) is 6.07 Å². The summed E-state index contributed by atoms with van der Waals surface area (Å²) in [5.41, 5.74) is 0.863. The minimum absolute atomic E-state index is 0.271. The molecule has 0 unspecified atom stereocenters. The summed E-state index contributed by atoms with van der Waals surface area (Å²) in [6.45, 7) is 1.58. The highest BCUT2D eigenvalue weighted by atomic mass is 79.9. The Balaban J connectivity index is 3.28. The highest BCUT2D eigenvalue weighted by Gasteiger charge is 2.05. The lowest BCUT2D eigenvalue weighted by atomic mass is 10.1. The van der Waals surface area contributed by atoms with Gasteiger partial charge in [-0.3, -0.25) is 0 Å². The number of hydrogen-bond acceptors (Lipinski definition) is 1. The molecule has 0 amide bonds. The molecule has 0 saturated carbocycles. The second-order valence-electron chi connectivity index (χ2n) is 2.71. The molecule has 1 aromatic carbocycles. The lowest BCUT2D eigenvalue weighted by Crippen LogP contribution is -1.84. The van der Waals surface area contributed by atoms with E-state index in [1.54, 1.807) is 13.0 Å². The smallest absolute Gasteiger partial charge is 0.124 e. The standard InChI is InChI=1S/C10H6BrClFN/c1-6(5-14)10(12)7-2-8(11)4-9(13)3-7/h2-4H,1H3/b10-6-. The van der Waals surface area contributed by atoms with E-state index in [2.05, 4.69) is 15.9 Å². The summed E-state index contributed by atoms with van der Waals surface area (Å²) >= 11 is 9.02. The van der Waals surface area contributed by atoms with Gasteiger partial charge in [0.2, 0.25) is 0 Å². The van der Waals surface area contributed by atoms with Crippen LogP contribution in [0.1, 0.15) is 12.5 Å². The Kier molecular flexibility index (Phi) is 3.68. The molecule has 0 bridgehead atoms. The topological polar surface area (TPSA) is 23.8 Å². The van der Waals surface area contributed by atoms with Crippen LogP contribution in [0.5, 0.6) is 0 Å². The van der Waals surface area contributed by atoms with Gasteiger partial charge >= 0.3 is 0 Å². The average Bonchev–Trinajstić information content (AvgIpc) is 2.14. The molecule has 1 rings (SSSR count). The predicted octanol–water partition coefficient (Wildman–Crippen LogP) is 4.08. The third-order valence-electron chi connectivity index (χ3n) is 1.61. The third kappa shape index (κ3) is 2.57. The molecule has 1 nitrogen and oxygen atoms in total. The maximum Gasteiger partial charge on any atom is 0.124 e. The molecule has 0 N–H and O–H groups in total. The first-order valence-corrected chi connectivity index (χ1v) is 4.94. The fourth-order valence-corrected chi connectivity index (χ4v) is 1.56. The molecule has 0 atom stereocenters. The van der Waals surface area contributed by atoms with Gasteiger partial charge < -0.3 is 0 Å². The summed E-state index contributed by atoms with van der Waals surface area (Å²) in [5, 5.41) is 8.88. The molecule has 0 aliphatic rings. The van der Waals surface area contributed by atoms with Crippen molar-refractivity contribution in [1.29, 1.82) is 5.26 Å². The third-order valence-corrected chi connectivity index (χ3v) is 2.57. The lowest BCUT2D eigenvalue weighted by Gasteiger charge is -2.01. The highest BCUT2D eigenvalue weighted by Crippen LogP contribution is 2.26. The van der Waals surface area contributed by atoms with Crippen LogP contribution < -0.4 is 0 Å². The normalized spacial score (nSPS) is 11.9. The summed E-state index contributed by atoms with van der Waals surface area (Å²) in [5.74, 6) is -0.390. The van der Waals surface area contributed by atoms with Crippen LogP contribution in [0.2, 0.25) is 0 Å². The zero-order valence-electron chi connectivity index (χ0n) is 7.31. The largest absolute Gasteiger partial charge is 0.207 e. The van der Waals surface area contributed by atoms with E-state index < -0.39 is 5.82 Å². The van der Waals surface area contributed by atoms with E-state index in [0.717, 1.165) is 0 Å². The Morgan fingerprint density at radius 1 is 1.50 bits per heavy atom. The van der Waals surface area contributed by atoms with Gasteiger partial charge in [0.15, 0.2) is 0 Å². The Labute approximate surface area is 94.9 Å². The summed E-state index contributed by atoms with van der Waals surface area (Å²) in [7, 11) is 0. The number of allylic oxidation sites excluding steroid dienone is 1. The van der Waals surface area contributed by atoms with Gasteiger partial charge in [0.25, 0.3) is 0 Å². The van der Waals surface area contributed by atoms with Crippen molar-refractivity contribution in [2.24, 2.45) is 0 Å². The van der Waals surface area contributed by atoms with Crippen molar-refractivity contribution < 1.29 is 4.39 Å². The Hall–Kier alpha value is -0.850. The Morgan fingerprint density at radius 2 is 2.14 bits per heavy atom. The first-order chi connectivity index (χ1) is 6.54. The van der Waals surface area contributed by atoms with Crippen molar-refractivity contribution in [2.45, 2.75) is 6.92 Å². The quantitative estimate of drug-likeness (QED) is 0.708. The Morgan fingerprint density at radius 3 is 2.64 bits per heavy atom. The number of benzene rings is 1. The summed E-state index contributed by atoms with van der Waals surface area (Å²) in [4.78, 5) is 0.